The second-order valence-electron chi connectivity index (χ2n) is 8.65. The van der Waals surface area contributed by atoms with Crippen molar-refractivity contribution in [1.29, 1.82) is 0 Å². The highest BCUT2D eigenvalue weighted by molar-refractivity contribution is 8.16. The van der Waals surface area contributed by atoms with Gasteiger partial charge in [-0.1, -0.05) is 89.6 Å². The molecule has 2 nitrogen and oxygen atoms in total. The van der Waals surface area contributed by atoms with Gasteiger partial charge in [-0.15, -0.1) is 0 Å². The lowest BCUT2D eigenvalue weighted by molar-refractivity contribution is 0.458. The summed E-state index contributed by atoms with van der Waals surface area (Å²) < 4.78 is 0. The number of allylic oxidation sites excluding steroid dienone is 1. The second-order valence-corrected chi connectivity index (χ2v) is 10.4. The molecule has 3 aromatic rings. The van der Waals surface area contributed by atoms with Crippen LogP contribution in [0, 0.1) is 0 Å². The second kappa shape index (κ2) is 9.14. The van der Waals surface area contributed by atoms with E-state index in [0.29, 0.717) is 0 Å². The van der Waals surface area contributed by atoms with Crippen molar-refractivity contribution in [3.05, 3.63) is 128 Å². The Morgan fingerprint density at radius 3 is 2.29 bits per heavy atom. The smallest absolute Gasteiger partial charge is 0.174 e. The molecule has 0 spiro atoms. The first-order valence-corrected chi connectivity index (χ1v) is 13.1. The zero-order chi connectivity index (χ0) is 23.1. The molecule has 1 atom stereocenters. The van der Waals surface area contributed by atoms with Crippen molar-refractivity contribution >= 4 is 51.9 Å². The van der Waals surface area contributed by atoms with Crippen LogP contribution in [0.3, 0.4) is 0 Å². The van der Waals surface area contributed by atoms with Crippen LogP contribution < -0.4 is 0 Å². The van der Waals surface area contributed by atoms with E-state index >= 15 is 0 Å². The highest BCUT2D eigenvalue weighted by atomic mass is 35.5. The van der Waals surface area contributed by atoms with E-state index in [0.717, 1.165) is 45.7 Å². The van der Waals surface area contributed by atoms with Gasteiger partial charge in [0, 0.05) is 15.5 Å². The number of amidine groups is 1. The summed E-state index contributed by atoms with van der Waals surface area (Å²) in [6, 6.07) is 27.0. The summed E-state index contributed by atoms with van der Waals surface area (Å²) in [5, 5.41) is 4.77. The number of hydrogen-bond donors (Lipinski definition) is 0. The van der Waals surface area contributed by atoms with Gasteiger partial charge in [0.25, 0.3) is 0 Å². The van der Waals surface area contributed by atoms with Crippen molar-refractivity contribution in [2.75, 3.05) is 0 Å². The van der Waals surface area contributed by atoms with Gasteiger partial charge in [-0.25, -0.2) is 4.99 Å². The molecule has 1 aliphatic carbocycles. The molecule has 34 heavy (non-hydrogen) atoms. The minimum absolute atomic E-state index is 0.0927. The Bertz CT molecular complexity index is 1350. The Labute approximate surface area is 214 Å². The van der Waals surface area contributed by atoms with Crippen LogP contribution >= 0.6 is 35.0 Å². The van der Waals surface area contributed by atoms with Crippen molar-refractivity contribution < 1.29 is 0 Å². The first kappa shape index (κ1) is 21.8. The van der Waals surface area contributed by atoms with Crippen LogP contribution in [0.4, 0.5) is 0 Å². The van der Waals surface area contributed by atoms with Crippen LogP contribution in [0.25, 0.3) is 11.8 Å². The molecule has 6 rings (SSSR count). The van der Waals surface area contributed by atoms with Crippen molar-refractivity contribution in [1.82, 2.24) is 4.90 Å². The lowest BCUT2D eigenvalue weighted by Crippen LogP contribution is -2.34. The zero-order valence-electron chi connectivity index (χ0n) is 18.4. The third-order valence-corrected chi connectivity index (χ3v) is 7.85. The van der Waals surface area contributed by atoms with E-state index in [1.54, 1.807) is 11.8 Å². The predicted molar refractivity (Wildman–Crippen MR) is 146 cm³/mol. The van der Waals surface area contributed by atoms with Gasteiger partial charge in [0.2, 0.25) is 0 Å². The third kappa shape index (κ3) is 4.02. The van der Waals surface area contributed by atoms with Gasteiger partial charge < -0.3 is 4.90 Å². The van der Waals surface area contributed by atoms with Gasteiger partial charge in [-0.2, -0.15) is 0 Å². The largest absolute Gasteiger partial charge is 0.308 e. The molecule has 1 unspecified atom stereocenters. The van der Waals surface area contributed by atoms with Crippen molar-refractivity contribution in [2.24, 2.45) is 4.99 Å². The van der Waals surface area contributed by atoms with Crippen LogP contribution in [0.1, 0.15) is 42.0 Å². The number of nitrogens with zero attached hydrogens (tertiary/aromatic N) is 2. The number of hydrogen-bond acceptors (Lipinski definition) is 3. The van der Waals surface area contributed by atoms with Crippen LogP contribution in [-0.2, 0) is 0 Å². The molecule has 5 heteroatoms. The number of aliphatic imine (C=N–C) groups is 1. The van der Waals surface area contributed by atoms with E-state index < -0.39 is 0 Å². The van der Waals surface area contributed by atoms with Gasteiger partial charge in [-0.05, 0) is 77.4 Å². The molecule has 0 amide bonds. The monoisotopic (exact) mass is 500 g/mol. The molecule has 2 heterocycles. The van der Waals surface area contributed by atoms with E-state index in [2.05, 4.69) is 71.0 Å². The van der Waals surface area contributed by atoms with Gasteiger partial charge in [-0.3, -0.25) is 0 Å². The standard InChI is InChI=1S/C29H22Cl2N2S/c30-23-13-9-19(10-14-23)17-22-7-4-8-25-27(22)32-29-33(28(25)21-11-15-24(31)16-12-21)26(18-34-29)20-5-2-1-3-6-20/h1-3,5-6,9-18,28H,4,7-8H2. The van der Waals surface area contributed by atoms with Gasteiger partial charge in [0.05, 0.1) is 17.4 Å². The first-order valence-electron chi connectivity index (χ1n) is 11.4. The number of fused-ring (bicyclic) bond motifs is 1. The maximum absolute atomic E-state index is 6.27. The number of halogens is 2. The molecular weight excluding hydrogens is 479 g/mol. The Kier molecular flexibility index (Phi) is 5.86. The van der Waals surface area contributed by atoms with E-state index in [1.807, 2.05) is 24.3 Å². The lowest BCUT2D eigenvalue weighted by atomic mass is 9.83. The molecular formula is C29H22Cl2N2S. The molecule has 3 aromatic carbocycles. The third-order valence-electron chi connectivity index (χ3n) is 6.50. The molecule has 0 N–H and O–H groups in total. The number of rotatable bonds is 3. The topological polar surface area (TPSA) is 15.6 Å². The highest BCUT2D eigenvalue weighted by Gasteiger charge is 2.40. The van der Waals surface area contributed by atoms with Crippen LogP contribution in [0.2, 0.25) is 10.0 Å². The lowest BCUT2D eigenvalue weighted by Gasteiger charge is -2.40. The molecule has 0 saturated heterocycles. The summed E-state index contributed by atoms with van der Waals surface area (Å²) in [5.41, 5.74) is 8.61. The Morgan fingerprint density at radius 2 is 1.56 bits per heavy atom. The Balaban J connectivity index is 1.49. The summed E-state index contributed by atoms with van der Waals surface area (Å²) in [5.74, 6) is 0. The molecule has 0 radical (unpaired) electrons. The fraction of sp³-hybridized carbons (Fsp3) is 0.138. The van der Waals surface area contributed by atoms with Crippen molar-refractivity contribution in [3.8, 4) is 0 Å². The van der Waals surface area contributed by atoms with Crippen molar-refractivity contribution in [3.63, 3.8) is 0 Å². The first-order chi connectivity index (χ1) is 16.7. The number of benzene rings is 3. The summed E-state index contributed by atoms with van der Waals surface area (Å²) in [7, 11) is 0. The van der Waals surface area contributed by atoms with Gasteiger partial charge in [0.15, 0.2) is 5.17 Å². The fourth-order valence-corrected chi connectivity index (χ4v) is 6.12. The molecule has 168 valence electrons. The molecule has 0 aromatic heterocycles. The van der Waals surface area contributed by atoms with Crippen LogP contribution in [0.5, 0.6) is 0 Å². The maximum atomic E-state index is 6.27. The van der Waals surface area contributed by atoms with E-state index in [1.165, 1.54) is 28.0 Å². The van der Waals surface area contributed by atoms with Crippen molar-refractivity contribution in [2.45, 2.75) is 25.3 Å². The van der Waals surface area contributed by atoms with Gasteiger partial charge in [0.1, 0.15) is 0 Å². The fourth-order valence-electron chi connectivity index (χ4n) is 4.94. The molecule has 0 bridgehead atoms. The molecule has 0 fully saturated rings. The molecule has 3 aliphatic rings. The average Bonchev–Trinajstić information content (AvgIpc) is 3.29. The maximum Gasteiger partial charge on any atom is 0.174 e. The normalized spacial score (nSPS) is 20.7. The summed E-state index contributed by atoms with van der Waals surface area (Å²) in [6.07, 6.45) is 5.43. The number of thioether (sulfide) groups is 1. The summed E-state index contributed by atoms with van der Waals surface area (Å²) in [4.78, 5) is 7.65. The predicted octanol–water partition coefficient (Wildman–Crippen LogP) is 8.97. The Hall–Kier alpha value is -2.72. The van der Waals surface area contributed by atoms with E-state index in [9.17, 15) is 0 Å². The van der Waals surface area contributed by atoms with Crippen LogP contribution in [0.15, 0.2) is 106 Å². The molecule has 2 aliphatic heterocycles. The SMILES string of the molecule is Clc1ccc(C=C2CCCC3=C2N=C2SC=C(c4ccccc4)N2C3c2ccc(Cl)cc2)cc1. The molecule has 0 saturated carbocycles. The van der Waals surface area contributed by atoms with E-state index in [-0.39, 0.29) is 6.04 Å². The van der Waals surface area contributed by atoms with E-state index in [4.69, 9.17) is 28.2 Å². The quantitative estimate of drug-likeness (QED) is 0.356. The summed E-state index contributed by atoms with van der Waals surface area (Å²) in [6.45, 7) is 0. The minimum atomic E-state index is 0.0927. The highest BCUT2D eigenvalue weighted by Crippen LogP contribution is 2.51. The average molecular weight is 501 g/mol. The summed E-state index contributed by atoms with van der Waals surface area (Å²) >= 11 is 14.1. The zero-order valence-corrected chi connectivity index (χ0v) is 20.7. The minimum Gasteiger partial charge on any atom is -0.308 e. The Morgan fingerprint density at radius 1 is 0.853 bits per heavy atom. The van der Waals surface area contributed by atoms with Crippen LogP contribution in [-0.4, -0.2) is 10.1 Å². The van der Waals surface area contributed by atoms with Gasteiger partial charge >= 0.3 is 0 Å².